The van der Waals surface area contributed by atoms with Gasteiger partial charge in [0, 0.05) is 24.1 Å². The highest BCUT2D eigenvalue weighted by Crippen LogP contribution is 2.43. The van der Waals surface area contributed by atoms with Crippen molar-refractivity contribution in [2.24, 2.45) is 0 Å². The molecule has 32 heavy (non-hydrogen) atoms. The first-order valence-electron chi connectivity index (χ1n) is 10.7. The number of ether oxygens (including phenoxy) is 3. The normalized spacial score (nSPS) is 19.4. The highest BCUT2D eigenvalue weighted by atomic mass is 16.5. The van der Waals surface area contributed by atoms with Gasteiger partial charge in [-0.2, -0.15) is 0 Å². The van der Waals surface area contributed by atoms with E-state index in [0.29, 0.717) is 23.5 Å². The maximum atomic E-state index is 13.1. The Balaban J connectivity index is 1.82. The fraction of sp³-hybridized carbons (Fsp3) is 0.360. The molecular weight excluding hydrogens is 410 g/mol. The average molecular weight is 437 g/mol. The predicted octanol–water partition coefficient (Wildman–Crippen LogP) is 3.48. The van der Waals surface area contributed by atoms with Crippen LogP contribution >= 0.6 is 0 Å². The largest absolute Gasteiger partial charge is 0.507 e. The van der Waals surface area contributed by atoms with Crippen LogP contribution in [0.15, 0.2) is 48.0 Å². The summed E-state index contributed by atoms with van der Waals surface area (Å²) >= 11 is 0. The van der Waals surface area contributed by atoms with Crippen LogP contribution in [-0.4, -0.2) is 54.7 Å². The van der Waals surface area contributed by atoms with Crippen molar-refractivity contribution in [3.63, 3.8) is 0 Å². The van der Waals surface area contributed by atoms with Gasteiger partial charge in [0.2, 0.25) is 0 Å². The zero-order chi connectivity index (χ0) is 22.8. The lowest BCUT2D eigenvalue weighted by Gasteiger charge is -2.26. The summed E-state index contributed by atoms with van der Waals surface area (Å²) in [6.07, 6.45) is 0.720. The Morgan fingerprint density at radius 1 is 1.22 bits per heavy atom. The summed E-state index contributed by atoms with van der Waals surface area (Å²) in [5.41, 5.74) is 2.11. The highest BCUT2D eigenvalue weighted by molar-refractivity contribution is 6.46. The minimum Gasteiger partial charge on any atom is -0.507 e. The van der Waals surface area contributed by atoms with E-state index in [1.54, 1.807) is 24.3 Å². The van der Waals surface area contributed by atoms with E-state index in [0.717, 1.165) is 17.7 Å². The molecule has 0 bridgehead atoms. The molecule has 168 valence electrons. The number of benzene rings is 2. The van der Waals surface area contributed by atoms with Gasteiger partial charge in [-0.05, 0) is 43.7 Å². The first-order chi connectivity index (χ1) is 15.4. The lowest BCUT2D eigenvalue weighted by atomic mass is 9.94. The molecule has 2 aromatic rings. The Bertz CT molecular complexity index is 1070. The topological polar surface area (TPSA) is 85.3 Å². The summed E-state index contributed by atoms with van der Waals surface area (Å²) in [5.74, 6) is -0.295. The third-order valence-electron chi connectivity index (χ3n) is 5.72. The van der Waals surface area contributed by atoms with Crippen LogP contribution in [0.3, 0.4) is 0 Å². The third-order valence-corrected chi connectivity index (χ3v) is 5.72. The van der Waals surface area contributed by atoms with E-state index < -0.39 is 17.7 Å². The molecule has 1 amide bonds. The van der Waals surface area contributed by atoms with Crippen LogP contribution in [-0.2, 0) is 20.7 Å². The first-order valence-corrected chi connectivity index (χ1v) is 10.7. The number of rotatable bonds is 7. The Hall–Kier alpha value is -3.32. The van der Waals surface area contributed by atoms with E-state index >= 15 is 0 Å². The lowest BCUT2D eigenvalue weighted by Crippen LogP contribution is -2.33. The molecule has 0 aromatic heterocycles. The van der Waals surface area contributed by atoms with E-state index in [1.807, 2.05) is 32.0 Å². The quantitative estimate of drug-likeness (QED) is 0.406. The van der Waals surface area contributed by atoms with E-state index in [1.165, 1.54) is 12.0 Å². The van der Waals surface area contributed by atoms with E-state index in [4.69, 9.17) is 14.2 Å². The first kappa shape index (κ1) is 21.9. The van der Waals surface area contributed by atoms with Crippen LogP contribution < -0.4 is 9.47 Å². The molecule has 1 saturated heterocycles. The number of aliphatic hydroxyl groups is 1. The number of amides is 1. The van der Waals surface area contributed by atoms with Crippen molar-refractivity contribution in [2.45, 2.75) is 32.4 Å². The molecule has 2 aliphatic rings. The van der Waals surface area contributed by atoms with Gasteiger partial charge < -0.3 is 24.2 Å². The van der Waals surface area contributed by atoms with E-state index in [2.05, 4.69) is 0 Å². The molecule has 7 nitrogen and oxygen atoms in total. The molecule has 1 atom stereocenters. The number of Topliss-reactive ketones (excluding diaryl/α,β-unsaturated/α-hetero) is 1. The summed E-state index contributed by atoms with van der Waals surface area (Å²) in [6, 6.07) is 11.7. The van der Waals surface area contributed by atoms with Gasteiger partial charge in [-0.3, -0.25) is 9.59 Å². The number of ketones is 1. The lowest BCUT2D eigenvalue weighted by molar-refractivity contribution is -0.140. The highest BCUT2D eigenvalue weighted by Gasteiger charge is 2.47. The van der Waals surface area contributed by atoms with Crippen molar-refractivity contribution in [2.75, 3.05) is 26.9 Å². The van der Waals surface area contributed by atoms with Gasteiger partial charge >= 0.3 is 0 Å². The Labute approximate surface area is 187 Å². The monoisotopic (exact) mass is 437 g/mol. The van der Waals surface area contributed by atoms with Crippen molar-refractivity contribution in [1.82, 2.24) is 4.90 Å². The van der Waals surface area contributed by atoms with Crippen molar-refractivity contribution < 1.29 is 28.9 Å². The number of likely N-dealkylation sites (tertiary alicyclic amines) is 1. The number of hydrogen-bond donors (Lipinski definition) is 1. The summed E-state index contributed by atoms with van der Waals surface area (Å²) < 4.78 is 16.7. The molecule has 1 unspecified atom stereocenters. The van der Waals surface area contributed by atoms with E-state index in [-0.39, 0.29) is 30.6 Å². The summed E-state index contributed by atoms with van der Waals surface area (Å²) in [7, 11) is 1.54. The molecule has 7 heteroatoms. The van der Waals surface area contributed by atoms with E-state index in [9.17, 15) is 14.7 Å². The zero-order valence-electron chi connectivity index (χ0n) is 18.5. The van der Waals surface area contributed by atoms with Crippen LogP contribution in [0.5, 0.6) is 11.5 Å². The number of fused-ring (bicyclic) bond motifs is 1. The van der Waals surface area contributed by atoms with Crippen molar-refractivity contribution in [3.05, 3.63) is 64.7 Å². The van der Waals surface area contributed by atoms with Crippen molar-refractivity contribution in [1.29, 1.82) is 0 Å². The number of carbonyl (C=O) groups excluding carboxylic acids is 2. The fourth-order valence-corrected chi connectivity index (χ4v) is 4.20. The summed E-state index contributed by atoms with van der Waals surface area (Å²) in [5, 5.41) is 11.2. The van der Waals surface area contributed by atoms with Gasteiger partial charge in [0.15, 0.2) is 0 Å². The van der Waals surface area contributed by atoms with Gasteiger partial charge in [-0.25, -0.2) is 0 Å². The fourth-order valence-electron chi connectivity index (χ4n) is 4.20. The van der Waals surface area contributed by atoms with Crippen molar-refractivity contribution in [3.8, 4) is 11.5 Å². The second-order valence-electron chi connectivity index (χ2n) is 8.07. The number of methoxy groups -OCH3 is 1. The Morgan fingerprint density at radius 3 is 2.75 bits per heavy atom. The maximum absolute atomic E-state index is 13.1. The molecule has 0 aliphatic carbocycles. The maximum Gasteiger partial charge on any atom is 0.295 e. The molecule has 2 aromatic carbocycles. The Morgan fingerprint density at radius 2 is 2.00 bits per heavy atom. The molecule has 0 saturated carbocycles. The van der Waals surface area contributed by atoms with Crippen LogP contribution in [0.4, 0.5) is 0 Å². The molecule has 4 rings (SSSR count). The van der Waals surface area contributed by atoms with Gasteiger partial charge in [-0.15, -0.1) is 0 Å². The van der Waals surface area contributed by atoms with Crippen molar-refractivity contribution >= 4 is 17.4 Å². The van der Waals surface area contributed by atoms with Gasteiger partial charge in [0.05, 0.1) is 38.0 Å². The molecule has 1 N–H and O–H groups in total. The molecule has 0 radical (unpaired) electrons. The number of nitrogens with zero attached hydrogens (tertiary/aromatic N) is 1. The average Bonchev–Trinajstić information content (AvgIpc) is 3.36. The predicted molar refractivity (Wildman–Crippen MR) is 119 cm³/mol. The van der Waals surface area contributed by atoms with Crippen LogP contribution in [0.2, 0.25) is 0 Å². The second kappa shape index (κ2) is 9.04. The molecule has 1 fully saturated rings. The van der Waals surface area contributed by atoms with Crippen LogP contribution in [0.25, 0.3) is 5.76 Å². The molecule has 0 spiro atoms. The minimum atomic E-state index is -0.786. The van der Waals surface area contributed by atoms with Crippen LogP contribution in [0.1, 0.15) is 36.6 Å². The van der Waals surface area contributed by atoms with Gasteiger partial charge in [0.1, 0.15) is 17.3 Å². The molecular formula is C25H27NO6. The standard InChI is InChI=1S/C25H27NO6/c1-15(2)31-13-11-26-22(18-6-4-5-7-20(18)30-3)21(24(28)25(26)29)23(27)17-8-9-19-16(14-17)10-12-32-19/h4-9,14-15,22,27H,10-13H2,1-3H3/b23-21+. The van der Waals surface area contributed by atoms with Gasteiger partial charge in [-0.1, -0.05) is 18.2 Å². The minimum absolute atomic E-state index is 0.00911. The second-order valence-corrected chi connectivity index (χ2v) is 8.07. The number of carbonyl (C=O) groups is 2. The Kier molecular flexibility index (Phi) is 6.19. The summed E-state index contributed by atoms with van der Waals surface area (Å²) in [6.45, 7) is 4.88. The molecule has 2 aliphatic heterocycles. The summed E-state index contributed by atoms with van der Waals surface area (Å²) in [4.78, 5) is 27.6. The molecule has 2 heterocycles. The number of para-hydroxylation sites is 1. The smallest absolute Gasteiger partial charge is 0.295 e. The number of aliphatic hydroxyl groups excluding tert-OH is 1. The van der Waals surface area contributed by atoms with Gasteiger partial charge in [0.25, 0.3) is 11.7 Å². The zero-order valence-corrected chi connectivity index (χ0v) is 18.5. The van der Waals surface area contributed by atoms with Crippen LogP contribution in [0, 0.1) is 0 Å². The number of hydrogen-bond acceptors (Lipinski definition) is 6. The SMILES string of the molecule is COc1ccccc1C1/C(=C(\O)c2ccc3c(c2)CCO3)C(=O)C(=O)N1CCOC(C)C. The third kappa shape index (κ3) is 3.96.